The molecule has 21 heavy (non-hydrogen) atoms. The average Bonchev–Trinajstić information content (AvgIpc) is 2.48. The Kier molecular flexibility index (Phi) is 6.99. The van der Waals surface area contributed by atoms with E-state index in [9.17, 15) is 0 Å². The second-order valence-corrected chi connectivity index (χ2v) is 7.40. The first-order valence-electron chi connectivity index (χ1n) is 7.03. The van der Waals surface area contributed by atoms with Gasteiger partial charge in [-0.3, -0.25) is 0 Å². The van der Waals surface area contributed by atoms with Crippen LogP contribution in [0, 0.1) is 3.57 Å². The summed E-state index contributed by atoms with van der Waals surface area (Å²) < 4.78 is 2.25. The molecule has 1 N–H and O–H groups in total. The maximum absolute atomic E-state index is 6.28. The molecule has 1 unspecified atom stereocenters. The first kappa shape index (κ1) is 17.3. The molecule has 0 saturated heterocycles. The van der Waals surface area contributed by atoms with Gasteiger partial charge in [-0.15, -0.1) is 0 Å². The quantitative estimate of drug-likeness (QED) is 0.503. The van der Waals surface area contributed by atoms with Gasteiger partial charge >= 0.3 is 0 Å². The van der Waals surface area contributed by atoms with Crippen LogP contribution in [0.2, 0.25) is 5.02 Å². The van der Waals surface area contributed by atoms with Gasteiger partial charge in [-0.1, -0.05) is 58.7 Å². The second kappa shape index (κ2) is 8.51. The van der Waals surface area contributed by atoms with Gasteiger partial charge in [0.15, 0.2) is 0 Å². The van der Waals surface area contributed by atoms with Gasteiger partial charge in [0.1, 0.15) is 0 Å². The standard InChI is InChI=1S/C17H18BrClIN/c1-2-9-21-17(11-12-5-3-4-6-14(12)18)13-7-8-16(20)15(19)10-13/h3-8,10,17,21H,2,9,11H2,1H3. The molecule has 0 radical (unpaired) electrons. The van der Waals surface area contributed by atoms with Crippen LogP contribution in [0.3, 0.4) is 0 Å². The summed E-state index contributed by atoms with van der Waals surface area (Å²) in [6.07, 6.45) is 2.06. The number of hydrogen-bond donors (Lipinski definition) is 1. The highest BCUT2D eigenvalue weighted by atomic mass is 127. The molecule has 0 saturated carbocycles. The molecule has 2 aromatic carbocycles. The topological polar surface area (TPSA) is 12.0 Å². The van der Waals surface area contributed by atoms with Crippen molar-refractivity contribution in [2.75, 3.05) is 6.54 Å². The summed E-state index contributed by atoms with van der Waals surface area (Å²) in [6, 6.07) is 15.0. The Balaban J connectivity index is 2.25. The van der Waals surface area contributed by atoms with E-state index in [0.717, 1.165) is 32.5 Å². The van der Waals surface area contributed by atoms with Crippen LogP contribution in [0.1, 0.15) is 30.5 Å². The maximum Gasteiger partial charge on any atom is 0.0542 e. The monoisotopic (exact) mass is 477 g/mol. The van der Waals surface area contributed by atoms with E-state index in [0.29, 0.717) is 0 Å². The van der Waals surface area contributed by atoms with E-state index in [4.69, 9.17) is 11.6 Å². The van der Waals surface area contributed by atoms with Crippen LogP contribution in [-0.2, 0) is 6.42 Å². The molecule has 4 heteroatoms. The average molecular weight is 479 g/mol. The van der Waals surface area contributed by atoms with Gasteiger partial charge in [-0.25, -0.2) is 0 Å². The lowest BCUT2D eigenvalue weighted by atomic mass is 9.99. The molecule has 0 amide bonds. The first-order chi connectivity index (χ1) is 10.1. The van der Waals surface area contributed by atoms with Crippen LogP contribution >= 0.6 is 50.1 Å². The zero-order chi connectivity index (χ0) is 15.2. The van der Waals surface area contributed by atoms with Crippen molar-refractivity contribution in [3.05, 3.63) is 66.7 Å². The third-order valence-corrected chi connectivity index (χ3v) is 5.71. The molecule has 1 atom stereocenters. The van der Waals surface area contributed by atoms with Crippen molar-refractivity contribution in [2.24, 2.45) is 0 Å². The maximum atomic E-state index is 6.28. The molecule has 0 aliphatic heterocycles. The fraction of sp³-hybridized carbons (Fsp3) is 0.294. The van der Waals surface area contributed by atoms with Crippen molar-refractivity contribution in [3.8, 4) is 0 Å². The minimum atomic E-state index is 0.276. The SMILES string of the molecule is CCCNC(Cc1ccccc1Br)c1ccc(I)c(Cl)c1. The van der Waals surface area contributed by atoms with Crippen molar-refractivity contribution < 1.29 is 0 Å². The van der Waals surface area contributed by atoms with Gasteiger partial charge in [-0.2, -0.15) is 0 Å². The van der Waals surface area contributed by atoms with Crippen molar-refractivity contribution in [1.29, 1.82) is 0 Å². The van der Waals surface area contributed by atoms with Crippen LogP contribution in [0.25, 0.3) is 0 Å². The largest absolute Gasteiger partial charge is 0.310 e. The van der Waals surface area contributed by atoms with Gasteiger partial charge < -0.3 is 5.32 Å². The van der Waals surface area contributed by atoms with Crippen molar-refractivity contribution in [3.63, 3.8) is 0 Å². The molecule has 0 heterocycles. The lowest BCUT2D eigenvalue weighted by molar-refractivity contribution is 0.528. The Bertz CT molecular complexity index is 603. The summed E-state index contributed by atoms with van der Waals surface area (Å²) in [5, 5.41) is 4.45. The highest BCUT2D eigenvalue weighted by Crippen LogP contribution is 2.27. The second-order valence-electron chi connectivity index (χ2n) is 4.98. The molecule has 0 aliphatic rings. The smallest absolute Gasteiger partial charge is 0.0542 e. The molecule has 0 aliphatic carbocycles. The molecular formula is C17H18BrClIN. The Labute approximate surface area is 153 Å². The Morgan fingerprint density at radius 1 is 1.24 bits per heavy atom. The summed E-state index contributed by atoms with van der Waals surface area (Å²) in [7, 11) is 0. The minimum Gasteiger partial charge on any atom is -0.310 e. The van der Waals surface area contributed by atoms with Crippen LogP contribution in [0.5, 0.6) is 0 Å². The lowest BCUT2D eigenvalue weighted by Gasteiger charge is -2.20. The Morgan fingerprint density at radius 3 is 2.67 bits per heavy atom. The third kappa shape index (κ3) is 4.95. The van der Waals surface area contributed by atoms with E-state index >= 15 is 0 Å². The molecular weight excluding hydrogens is 460 g/mol. The van der Waals surface area contributed by atoms with Crippen LogP contribution < -0.4 is 5.32 Å². The van der Waals surface area contributed by atoms with Crippen LogP contribution in [0.15, 0.2) is 46.9 Å². The van der Waals surface area contributed by atoms with Gasteiger partial charge in [0.05, 0.1) is 5.02 Å². The summed E-state index contributed by atoms with van der Waals surface area (Å²) in [4.78, 5) is 0. The van der Waals surface area contributed by atoms with Crippen LogP contribution in [-0.4, -0.2) is 6.54 Å². The van der Waals surface area contributed by atoms with E-state index in [1.165, 1.54) is 11.1 Å². The Morgan fingerprint density at radius 2 is 2.00 bits per heavy atom. The highest BCUT2D eigenvalue weighted by molar-refractivity contribution is 14.1. The number of nitrogens with one attached hydrogen (secondary N) is 1. The molecule has 2 rings (SSSR count). The van der Waals surface area contributed by atoms with E-state index in [1.807, 2.05) is 6.07 Å². The molecule has 112 valence electrons. The summed E-state index contributed by atoms with van der Waals surface area (Å²) in [5.41, 5.74) is 2.55. The molecule has 0 fully saturated rings. The summed E-state index contributed by atoms with van der Waals surface area (Å²) in [5.74, 6) is 0. The van der Waals surface area contributed by atoms with Crippen molar-refractivity contribution in [2.45, 2.75) is 25.8 Å². The zero-order valence-electron chi connectivity index (χ0n) is 11.9. The number of benzene rings is 2. The fourth-order valence-electron chi connectivity index (χ4n) is 2.24. The Hall–Kier alpha value is -0.100. The zero-order valence-corrected chi connectivity index (χ0v) is 16.4. The van der Waals surface area contributed by atoms with E-state index in [1.54, 1.807) is 0 Å². The van der Waals surface area contributed by atoms with Gasteiger partial charge in [0.25, 0.3) is 0 Å². The van der Waals surface area contributed by atoms with E-state index < -0.39 is 0 Å². The molecule has 0 spiro atoms. The summed E-state index contributed by atoms with van der Waals surface area (Å²) in [6.45, 7) is 3.18. The molecule has 1 nitrogen and oxygen atoms in total. The van der Waals surface area contributed by atoms with Crippen molar-refractivity contribution in [1.82, 2.24) is 5.32 Å². The predicted molar refractivity (Wildman–Crippen MR) is 103 cm³/mol. The predicted octanol–water partition coefficient (Wildman–Crippen LogP) is 5.99. The van der Waals surface area contributed by atoms with Crippen molar-refractivity contribution >= 4 is 50.1 Å². The number of halogens is 3. The summed E-state index contributed by atoms with van der Waals surface area (Å²) >= 11 is 12.2. The number of hydrogen-bond acceptors (Lipinski definition) is 1. The minimum absolute atomic E-state index is 0.276. The third-order valence-electron chi connectivity index (χ3n) is 3.37. The normalized spacial score (nSPS) is 12.4. The number of rotatable bonds is 6. The highest BCUT2D eigenvalue weighted by Gasteiger charge is 2.14. The fourth-order valence-corrected chi connectivity index (χ4v) is 3.21. The molecule has 2 aromatic rings. The van der Waals surface area contributed by atoms with E-state index in [-0.39, 0.29) is 6.04 Å². The first-order valence-corrected chi connectivity index (χ1v) is 9.28. The van der Waals surface area contributed by atoms with E-state index in [2.05, 4.69) is 87.2 Å². The molecule has 0 bridgehead atoms. The van der Waals surface area contributed by atoms with Crippen LogP contribution in [0.4, 0.5) is 0 Å². The van der Waals surface area contributed by atoms with Gasteiger partial charge in [0.2, 0.25) is 0 Å². The van der Waals surface area contributed by atoms with Gasteiger partial charge in [0, 0.05) is 14.1 Å². The molecule has 0 aromatic heterocycles. The van der Waals surface area contributed by atoms with Gasteiger partial charge in [-0.05, 0) is 71.3 Å². The lowest BCUT2D eigenvalue weighted by Crippen LogP contribution is -2.24.